The van der Waals surface area contributed by atoms with Crippen LogP contribution in [0.25, 0.3) is 0 Å². The summed E-state index contributed by atoms with van der Waals surface area (Å²) in [6.45, 7) is 7.51. The lowest BCUT2D eigenvalue weighted by Gasteiger charge is -2.20. The first-order valence-electron chi connectivity index (χ1n) is 5.17. The molecular weight excluding hydrogens is 204 g/mol. The molecule has 0 bridgehead atoms. The Kier molecular flexibility index (Phi) is 3.42. The molecule has 3 N–H and O–H groups in total. The van der Waals surface area contributed by atoms with Gasteiger partial charge in [0, 0.05) is 11.2 Å². The average Bonchev–Trinajstić information content (AvgIpc) is 2.08. The molecule has 0 saturated carbocycles. The van der Waals surface area contributed by atoms with Crippen LogP contribution < -0.4 is 10.6 Å². The van der Waals surface area contributed by atoms with Crippen LogP contribution >= 0.6 is 0 Å². The van der Waals surface area contributed by atoms with Crippen molar-refractivity contribution in [3.8, 4) is 5.75 Å². The number of benzene rings is 1. The van der Waals surface area contributed by atoms with Crippen LogP contribution in [0.5, 0.6) is 5.75 Å². The van der Waals surface area contributed by atoms with Crippen LogP contribution in [-0.2, 0) is 0 Å². The summed E-state index contributed by atoms with van der Waals surface area (Å²) < 4.78 is 0. The molecule has 1 rings (SSSR count). The number of aromatic hydroxyl groups is 1. The molecule has 2 amide bonds. The van der Waals surface area contributed by atoms with Gasteiger partial charge in [0.1, 0.15) is 5.75 Å². The number of anilines is 1. The van der Waals surface area contributed by atoms with Gasteiger partial charge in [-0.1, -0.05) is 0 Å². The predicted molar refractivity (Wildman–Crippen MR) is 64.8 cm³/mol. The first kappa shape index (κ1) is 12.4. The number of hydrogen-bond donors (Lipinski definition) is 3. The van der Waals surface area contributed by atoms with Gasteiger partial charge < -0.3 is 15.7 Å². The standard InChI is InChI=1S/C12H18N2O2/c1-8-7-9(5-6-10(8)15)13-11(16)14-12(2,3)4/h5-7,15H,1-4H3,(H2,13,14,16). The van der Waals surface area contributed by atoms with Crippen molar-refractivity contribution in [3.63, 3.8) is 0 Å². The molecule has 0 aliphatic carbocycles. The molecule has 16 heavy (non-hydrogen) atoms. The molecule has 1 aromatic rings. The second-order valence-electron chi connectivity index (χ2n) is 4.83. The predicted octanol–water partition coefficient (Wildman–Crippen LogP) is 2.62. The van der Waals surface area contributed by atoms with E-state index in [1.54, 1.807) is 25.1 Å². The zero-order valence-electron chi connectivity index (χ0n) is 10.1. The molecule has 4 heteroatoms. The second-order valence-corrected chi connectivity index (χ2v) is 4.83. The van der Waals surface area contributed by atoms with Gasteiger partial charge in [-0.25, -0.2) is 4.79 Å². The van der Waals surface area contributed by atoms with Crippen molar-refractivity contribution in [3.05, 3.63) is 23.8 Å². The maximum absolute atomic E-state index is 11.5. The number of phenolic OH excluding ortho intramolecular Hbond substituents is 1. The maximum Gasteiger partial charge on any atom is 0.319 e. The van der Waals surface area contributed by atoms with Crippen LogP contribution in [0.3, 0.4) is 0 Å². The van der Waals surface area contributed by atoms with E-state index < -0.39 is 0 Å². The Bertz CT molecular complexity index is 394. The smallest absolute Gasteiger partial charge is 0.319 e. The average molecular weight is 222 g/mol. The molecule has 0 spiro atoms. The van der Waals surface area contributed by atoms with Crippen molar-refractivity contribution >= 4 is 11.7 Å². The number of aryl methyl sites for hydroxylation is 1. The van der Waals surface area contributed by atoms with E-state index in [9.17, 15) is 9.90 Å². The van der Waals surface area contributed by atoms with Crippen molar-refractivity contribution in [2.24, 2.45) is 0 Å². The van der Waals surface area contributed by atoms with Crippen molar-refractivity contribution in [1.29, 1.82) is 0 Å². The number of phenols is 1. The van der Waals surface area contributed by atoms with Crippen molar-refractivity contribution in [2.45, 2.75) is 33.2 Å². The zero-order chi connectivity index (χ0) is 12.3. The van der Waals surface area contributed by atoms with Gasteiger partial charge in [0.15, 0.2) is 0 Å². The fourth-order valence-electron chi connectivity index (χ4n) is 1.24. The van der Waals surface area contributed by atoms with Crippen LogP contribution in [0.15, 0.2) is 18.2 Å². The Morgan fingerprint density at radius 3 is 2.44 bits per heavy atom. The molecule has 0 fully saturated rings. The fraction of sp³-hybridized carbons (Fsp3) is 0.417. The second kappa shape index (κ2) is 4.43. The highest BCUT2D eigenvalue weighted by Gasteiger charge is 2.13. The van der Waals surface area contributed by atoms with E-state index in [0.29, 0.717) is 5.69 Å². The molecule has 4 nitrogen and oxygen atoms in total. The molecule has 0 aliphatic heterocycles. The summed E-state index contributed by atoms with van der Waals surface area (Å²) in [4.78, 5) is 11.5. The van der Waals surface area contributed by atoms with Crippen LogP contribution in [-0.4, -0.2) is 16.7 Å². The molecular formula is C12H18N2O2. The van der Waals surface area contributed by atoms with E-state index >= 15 is 0 Å². The molecule has 0 saturated heterocycles. The largest absolute Gasteiger partial charge is 0.508 e. The minimum atomic E-state index is -0.268. The third kappa shape index (κ3) is 3.81. The van der Waals surface area contributed by atoms with E-state index in [0.717, 1.165) is 5.56 Å². The first-order chi connectivity index (χ1) is 7.28. The van der Waals surface area contributed by atoms with E-state index in [1.807, 2.05) is 20.8 Å². The first-order valence-corrected chi connectivity index (χ1v) is 5.17. The monoisotopic (exact) mass is 222 g/mol. The van der Waals surface area contributed by atoms with Crippen molar-refractivity contribution < 1.29 is 9.90 Å². The number of hydrogen-bond acceptors (Lipinski definition) is 2. The van der Waals surface area contributed by atoms with Crippen LogP contribution in [0.4, 0.5) is 10.5 Å². The Balaban J connectivity index is 2.67. The van der Waals surface area contributed by atoms with E-state index in [-0.39, 0.29) is 17.3 Å². The van der Waals surface area contributed by atoms with Crippen LogP contribution in [0.2, 0.25) is 0 Å². The topological polar surface area (TPSA) is 61.4 Å². The van der Waals surface area contributed by atoms with Crippen LogP contribution in [0, 0.1) is 6.92 Å². The number of carbonyl (C=O) groups excluding carboxylic acids is 1. The summed E-state index contributed by atoms with van der Waals surface area (Å²) >= 11 is 0. The van der Waals surface area contributed by atoms with Gasteiger partial charge in [-0.3, -0.25) is 0 Å². The lowest BCUT2D eigenvalue weighted by Crippen LogP contribution is -2.43. The SMILES string of the molecule is Cc1cc(NC(=O)NC(C)(C)C)ccc1O. The van der Waals surface area contributed by atoms with Gasteiger partial charge in [-0.15, -0.1) is 0 Å². The lowest BCUT2D eigenvalue weighted by atomic mass is 10.1. The Morgan fingerprint density at radius 1 is 1.31 bits per heavy atom. The number of rotatable bonds is 1. The highest BCUT2D eigenvalue weighted by Crippen LogP contribution is 2.20. The summed E-state index contributed by atoms with van der Waals surface area (Å²) in [5.74, 6) is 0.224. The van der Waals surface area contributed by atoms with Gasteiger partial charge in [-0.05, 0) is 51.5 Å². The zero-order valence-corrected chi connectivity index (χ0v) is 10.1. The molecule has 0 unspecified atom stereocenters. The molecule has 0 aromatic heterocycles. The Morgan fingerprint density at radius 2 is 1.94 bits per heavy atom. The molecule has 0 atom stereocenters. The van der Waals surface area contributed by atoms with E-state index in [4.69, 9.17) is 0 Å². The molecule has 88 valence electrons. The fourth-order valence-corrected chi connectivity index (χ4v) is 1.24. The normalized spacial score (nSPS) is 11.0. The summed E-state index contributed by atoms with van der Waals surface area (Å²) in [5.41, 5.74) is 1.13. The van der Waals surface area contributed by atoms with Crippen molar-refractivity contribution in [2.75, 3.05) is 5.32 Å². The van der Waals surface area contributed by atoms with Gasteiger partial charge in [0.25, 0.3) is 0 Å². The molecule has 0 radical (unpaired) electrons. The minimum Gasteiger partial charge on any atom is -0.508 e. The third-order valence-corrected chi connectivity index (χ3v) is 1.94. The molecule has 0 heterocycles. The van der Waals surface area contributed by atoms with E-state index in [1.165, 1.54) is 0 Å². The summed E-state index contributed by atoms with van der Waals surface area (Å²) in [7, 11) is 0. The molecule has 1 aromatic carbocycles. The quantitative estimate of drug-likeness (QED) is 0.640. The number of nitrogens with one attached hydrogen (secondary N) is 2. The van der Waals surface area contributed by atoms with Crippen molar-refractivity contribution in [1.82, 2.24) is 5.32 Å². The lowest BCUT2D eigenvalue weighted by molar-refractivity contribution is 0.244. The van der Waals surface area contributed by atoms with E-state index in [2.05, 4.69) is 10.6 Å². The Labute approximate surface area is 95.7 Å². The van der Waals surface area contributed by atoms with Gasteiger partial charge in [-0.2, -0.15) is 0 Å². The summed E-state index contributed by atoms with van der Waals surface area (Å²) in [6.07, 6.45) is 0. The highest BCUT2D eigenvalue weighted by molar-refractivity contribution is 5.89. The highest BCUT2D eigenvalue weighted by atomic mass is 16.3. The Hall–Kier alpha value is -1.71. The number of amides is 2. The number of carbonyl (C=O) groups is 1. The summed E-state index contributed by atoms with van der Waals surface area (Å²) in [5, 5.41) is 14.8. The summed E-state index contributed by atoms with van der Waals surface area (Å²) in [6, 6.07) is 4.68. The minimum absolute atomic E-state index is 0.224. The maximum atomic E-state index is 11.5. The van der Waals surface area contributed by atoms with Crippen LogP contribution in [0.1, 0.15) is 26.3 Å². The van der Waals surface area contributed by atoms with Gasteiger partial charge in [0.05, 0.1) is 0 Å². The molecule has 0 aliphatic rings. The van der Waals surface area contributed by atoms with Gasteiger partial charge >= 0.3 is 6.03 Å². The number of urea groups is 1. The van der Waals surface area contributed by atoms with Gasteiger partial charge in [0.2, 0.25) is 0 Å². The third-order valence-electron chi connectivity index (χ3n) is 1.94.